The van der Waals surface area contributed by atoms with Crippen molar-refractivity contribution in [2.24, 2.45) is 5.73 Å². The van der Waals surface area contributed by atoms with Gasteiger partial charge in [0.1, 0.15) is 5.75 Å². The maximum atomic E-state index is 6.06. The smallest absolute Gasteiger partial charge is 0.123 e. The van der Waals surface area contributed by atoms with Gasteiger partial charge in [-0.25, -0.2) is 0 Å². The summed E-state index contributed by atoms with van der Waals surface area (Å²) in [6.07, 6.45) is 0. The van der Waals surface area contributed by atoms with Crippen molar-refractivity contribution in [3.8, 4) is 5.75 Å². The first-order valence-electron chi connectivity index (χ1n) is 6.89. The van der Waals surface area contributed by atoms with Crippen LogP contribution < -0.4 is 10.5 Å². The van der Waals surface area contributed by atoms with Crippen LogP contribution in [0.1, 0.15) is 25.5 Å². The van der Waals surface area contributed by atoms with E-state index in [1.807, 2.05) is 23.9 Å². The number of methoxy groups -OCH3 is 1. The molecule has 1 aromatic carbocycles. The monoisotopic (exact) mass is 280 g/mol. The molecular weight excluding hydrogens is 256 g/mol. The minimum atomic E-state index is 0.245. The number of benzene rings is 1. The van der Waals surface area contributed by atoms with Crippen molar-refractivity contribution >= 4 is 11.8 Å². The van der Waals surface area contributed by atoms with Crippen LogP contribution in [0, 0.1) is 0 Å². The number of thioether (sulfide) groups is 1. The highest BCUT2D eigenvalue weighted by atomic mass is 32.2. The van der Waals surface area contributed by atoms with Gasteiger partial charge in [0.25, 0.3) is 0 Å². The first-order valence-corrected chi connectivity index (χ1v) is 7.94. The van der Waals surface area contributed by atoms with Crippen LogP contribution in [-0.2, 0) is 0 Å². The van der Waals surface area contributed by atoms with E-state index in [0.717, 1.165) is 12.3 Å². The number of ether oxygens (including phenoxy) is 1. The molecule has 0 radical (unpaired) electrons. The summed E-state index contributed by atoms with van der Waals surface area (Å²) in [7, 11) is 1.73. The number of rotatable bonds is 4. The topological polar surface area (TPSA) is 38.5 Å². The van der Waals surface area contributed by atoms with Crippen LogP contribution in [0.15, 0.2) is 24.3 Å². The molecule has 2 rings (SSSR count). The van der Waals surface area contributed by atoms with Crippen molar-refractivity contribution in [1.82, 2.24) is 4.90 Å². The molecule has 106 valence electrons. The van der Waals surface area contributed by atoms with Crippen molar-refractivity contribution in [3.63, 3.8) is 0 Å². The quantitative estimate of drug-likeness (QED) is 0.920. The second-order valence-corrected chi connectivity index (χ2v) is 6.53. The Labute approximate surface area is 120 Å². The molecule has 0 spiro atoms. The highest BCUT2D eigenvalue weighted by Crippen LogP contribution is 2.34. The SMILES string of the molecule is COc1ccccc1C(CN)N1CCSC(C)C1C. The molecule has 3 atom stereocenters. The molecule has 1 heterocycles. The Morgan fingerprint density at radius 2 is 2.16 bits per heavy atom. The van der Waals surface area contributed by atoms with Gasteiger partial charge in [-0.3, -0.25) is 4.90 Å². The summed E-state index contributed by atoms with van der Waals surface area (Å²) in [6.45, 7) is 6.32. The molecule has 3 nitrogen and oxygen atoms in total. The summed E-state index contributed by atoms with van der Waals surface area (Å²) in [6, 6.07) is 9.01. The normalized spacial score (nSPS) is 26.1. The summed E-state index contributed by atoms with van der Waals surface area (Å²) >= 11 is 2.05. The van der Waals surface area contributed by atoms with E-state index in [1.54, 1.807) is 7.11 Å². The molecule has 4 heteroatoms. The molecule has 1 aromatic rings. The first kappa shape index (κ1) is 14.7. The van der Waals surface area contributed by atoms with Crippen molar-refractivity contribution in [1.29, 1.82) is 0 Å². The lowest BCUT2D eigenvalue weighted by molar-refractivity contribution is 0.148. The van der Waals surface area contributed by atoms with Gasteiger partial charge in [0, 0.05) is 35.7 Å². The summed E-state index contributed by atoms with van der Waals surface area (Å²) in [5.41, 5.74) is 7.27. The fraction of sp³-hybridized carbons (Fsp3) is 0.600. The zero-order valence-electron chi connectivity index (χ0n) is 12.0. The van der Waals surface area contributed by atoms with Gasteiger partial charge in [-0.1, -0.05) is 25.1 Å². The van der Waals surface area contributed by atoms with Crippen molar-refractivity contribution in [3.05, 3.63) is 29.8 Å². The largest absolute Gasteiger partial charge is 0.496 e. The number of nitrogens with two attached hydrogens (primary N) is 1. The van der Waals surface area contributed by atoms with Crippen LogP contribution in [0.5, 0.6) is 5.75 Å². The van der Waals surface area contributed by atoms with Gasteiger partial charge in [-0.05, 0) is 13.0 Å². The van der Waals surface area contributed by atoms with E-state index in [4.69, 9.17) is 10.5 Å². The van der Waals surface area contributed by atoms with E-state index in [2.05, 4.69) is 30.9 Å². The summed E-state index contributed by atoms with van der Waals surface area (Å²) in [5.74, 6) is 2.12. The number of hydrogen-bond donors (Lipinski definition) is 1. The van der Waals surface area contributed by atoms with Gasteiger partial charge in [0.05, 0.1) is 13.2 Å². The minimum Gasteiger partial charge on any atom is -0.496 e. The maximum Gasteiger partial charge on any atom is 0.123 e. The third-order valence-electron chi connectivity index (χ3n) is 4.05. The van der Waals surface area contributed by atoms with Crippen LogP contribution in [0.25, 0.3) is 0 Å². The van der Waals surface area contributed by atoms with E-state index in [1.165, 1.54) is 11.3 Å². The number of hydrogen-bond acceptors (Lipinski definition) is 4. The average Bonchev–Trinajstić information content (AvgIpc) is 2.45. The van der Waals surface area contributed by atoms with Crippen LogP contribution in [-0.4, -0.2) is 42.1 Å². The molecule has 3 unspecified atom stereocenters. The molecule has 1 aliphatic rings. The number of para-hydroxylation sites is 1. The van der Waals surface area contributed by atoms with Crippen LogP contribution in [0.4, 0.5) is 0 Å². The van der Waals surface area contributed by atoms with Crippen molar-refractivity contribution in [2.75, 3.05) is 26.0 Å². The van der Waals surface area contributed by atoms with E-state index in [-0.39, 0.29) is 6.04 Å². The second-order valence-electron chi connectivity index (χ2n) is 5.05. The third kappa shape index (κ3) is 3.07. The van der Waals surface area contributed by atoms with E-state index < -0.39 is 0 Å². The lowest BCUT2D eigenvalue weighted by Gasteiger charge is -2.42. The summed E-state index contributed by atoms with van der Waals surface area (Å²) in [5, 5.41) is 0.650. The zero-order valence-corrected chi connectivity index (χ0v) is 12.8. The van der Waals surface area contributed by atoms with Gasteiger partial charge in [-0.2, -0.15) is 11.8 Å². The Morgan fingerprint density at radius 3 is 2.84 bits per heavy atom. The van der Waals surface area contributed by atoms with Crippen LogP contribution in [0.3, 0.4) is 0 Å². The fourth-order valence-corrected chi connectivity index (χ4v) is 3.90. The predicted molar refractivity (Wildman–Crippen MR) is 82.9 cm³/mol. The van der Waals surface area contributed by atoms with Gasteiger partial charge < -0.3 is 10.5 Å². The van der Waals surface area contributed by atoms with E-state index in [0.29, 0.717) is 17.8 Å². The van der Waals surface area contributed by atoms with Gasteiger partial charge in [-0.15, -0.1) is 0 Å². The van der Waals surface area contributed by atoms with Crippen molar-refractivity contribution in [2.45, 2.75) is 31.2 Å². The third-order valence-corrected chi connectivity index (χ3v) is 5.39. The minimum absolute atomic E-state index is 0.245. The molecule has 2 N–H and O–H groups in total. The molecule has 0 aliphatic carbocycles. The Balaban J connectivity index is 2.28. The zero-order chi connectivity index (χ0) is 13.8. The Morgan fingerprint density at radius 1 is 1.42 bits per heavy atom. The predicted octanol–water partition coefficient (Wildman–Crippen LogP) is 2.52. The lowest BCUT2D eigenvalue weighted by Crippen LogP contribution is -2.48. The molecule has 1 saturated heterocycles. The summed E-state index contributed by atoms with van der Waals surface area (Å²) < 4.78 is 5.49. The highest BCUT2D eigenvalue weighted by Gasteiger charge is 2.31. The van der Waals surface area contributed by atoms with Gasteiger partial charge in [0.15, 0.2) is 0 Å². The van der Waals surface area contributed by atoms with Crippen LogP contribution >= 0.6 is 11.8 Å². The lowest BCUT2D eigenvalue weighted by atomic mass is 10.0. The molecule has 0 saturated carbocycles. The van der Waals surface area contributed by atoms with Crippen LogP contribution in [0.2, 0.25) is 0 Å². The van der Waals surface area contributed by atoms with Gasteiger partial charge >= 0.3 is 0 Å². The maximum absolute atomic E-state index is 6.06. The van der Waals surface area contributed by atoms with Crippen molar-refractivity contribution < 1.29 is 4.74 Å². The van der Waals surface area contributed by atoms with E-state index >= 15 is 0 Å². The molecule has 19 heavy (non-hydrogen) atoms. The number of nitrogens with zero attached hydrogens (tertiary/aromatic N) is 1. The molecule has 0 bridgehead atoms. The molecule has 1 fully saturated rings. The second kappa shape index (κ2) is 6.64. The Kier molecular flexibility index (Phi) is 5.13. The van der Waals surface area contributed by atoms with Gasteiger partial charge in [0.2, 0.25) is 0 Å². The average molecular weight is 280 g/mol. The standard InChI is InChI=1S/C15H24N2OS/c1-11-12(2)19-9-8-17(11)14(10-16)13-6-4-5-7-15(13)18-3/h4-7,11-12,14H,8-10,16H2,1-3H3. The summed E-state index contributed by atoms with van der Waals surface area (Å²) in [4.78, 5) is 2.53. The first-order chi connectivity index (χ1) is 9.19. The highest BCUT2D eigenvalue weighted by molar-refractivity contribution is 8.00. The molecule has 0 amide bonds. The fourth-order valence-electron chi connectivity index (χ4n) is 2.78. The molecule has 1 aliphatic heterocycles. The molecular formula is C15H24N2OS. The molecule has 0 aromatic heterocycles. The van der Waals surface area contributed by atoms with E-state index in [9.17, 15) is 0 Å². The Bertz CT molecular complexity index is 413. The Hall–Kier alpha value is -0.710.